The van der Waals surface area contributed by atoms with E-state index in [1.807, 2.05) is 0 Å². The highest BCUT2D eigenvalue weighted by Gasteiger charge is 2.22. The second-order valence-electron chi connectivity index (χ2n) is 5.45. The first-order chi connectivity index (χ1) is 7.74. The molecule has 1 N–H and O–H groups in total. The van der Waals surface area contributed by atoms with E-state index in [0.29, 0.717) is 12.2 Å². The fourth-order valence-corrected chi connectivity index (χ4v) is 3.02. The molecule has 2 fully saturated rings. The van der Waals surface area contributed by atoms with Crippen LogP contribution in [0.2, 0.25) is 0 Å². The van der Waals surface area contributed by atoms with Gasteiger partial charge in [0.05, 0.1) is 12.2 Å². The number of rotatable bonds is 4. The third-order valence-corrected chi connectivity index (χ3v) is 3.71. The Bertz CT molecular complexity index is 194. The van der Waals surface area contributed by atoms with Gasteiger partial charge in [0, 0.05) is 32.2 Å². The van der Waals surface area contributed by atoms with Crippen LogP contribution in [0.15, 0.2) is 0 Å². The van der Waals surface area contributed by atoms with E-state index in [0.717, 1.165) is 25.7 Å². The Hall–Kier alpha value is -0.120. The van der Waals surface area contributed by atoms with Gasteiger partial charge in [0.1, 0.15) is 0 Å². The normalized spacial score (nSPS) is 33.4. The van der Waals surface area contributed by atoms with E-state index in [2.05, 4.69) is 24.1 Å². The monoisotopic (exact) mass is 226 g/mol. The largest absolute Gasteiger partial charge is 0.373 e. The van der Waals surface area contributed by atoms with Gasteiger partial charge in [-0.15, -0.1) is 0 Å². The van der Waals surface area contributed by atoms with Crippen LogP contribution in [0.3, 0.4) is 0 Å². The number of nitrogens with one attached hydrogen (secondary N) is 1. The zero-order valence-electron chi connectivity index (χ0n) is 10.7. The number of nitrogens with zero attached hydrogens (tertiary/aromatic N) is 1. The van der Waals surface area contributed by atoms with Crippen molar-refractivity contribution >= 4 is 0 Å². The number of hydrogen-bond donors (Lipinski definition) is 1. The molecule has 3 heteroatoms. The van der Waals surface area contributed by atoms with Gasteiger partial charge in [0.15, 0.2) is 0 Å². The van der Waals surface area contributed by atoms with Crippen LogP contribution in [0.25, 0.3) is 0 Å². The smallest absolute Gasteiger partial charge is 0.0678 e. The average molecular weight is 226 g/mol. The van der Waals surface area contributed by atoms with Crippen molar-refractivity contribution in [3.63, 3.8) is 0 Å². The molecular formula is C13H26N2O. The molecule has 2 rings (SSSR count). The first-order valence-corrected chi connectivity index (χ1v) is 6.85. The second-order valence-corrected chi connectivity index (χ2v) is 5.45. The molecule has 0 aromatic rings. The molecule has 1 saturated carbocycles. The molecule has 1 aliphatic heterocycles. The molecule has 0 spiro atoms. The van der Waals surface area contributed by atoms with Crippen molar-refractivity contribution in [3.05, 3.63) is 0 Å². The van der Waals surface area contributed by atoms with E-state index in [-0.39, 0.29) is 0 Å². The van der Waals surface area contributed by atoms with E-state index in [1.165, 1.54) is 32.2 Å². The maximum Gasteiger partial charge on any atom is 0.0678 e. The highest BCUT2D eigenvalue weighted by molar-refractivity contribution is 4.76. The van der Waals surface area contributed by atoms with Gasteiger partial charge in [-0.05, 0) is 26.7 Å². The van der Waals surface area contributed by atoms with Crippen LogP contribution in [-0.4, -0.2) is 49.3 Å². The summed E-state index contributed by atoms with van der Waals surface area (Å²) in [4.78, 5) is 2.53. The van der Waals surface area contributed by atoms with Crippen LogP contribution < -0.4 is 5.32 Å². The molecule has 16 heavy (non-hydrogen) atoms. The lowest BCUT2D eigenvalue weighted by Gasteiger charge is -2.35. The van der Waals surface area contributed by atoms with E-state index in [1.54, 1.807) is 0 Å². The van der Waals surface area contributed by atoms with E-state index in [9.17, 15) is 0 Å². The Labute approximate surface area is 99.5 Å². The first kappa shape index (κ1) is 12.3. The van der Waals surface area contributed by atoms with E-state index >= 15 is 0 Å². The summed E-state index contributed by atoms with van der Waals surface area (Å²) in [5, 5.41) is 3.68. The predicted octanol–water partition coefficient (Wildman–Crippen LogP) is 1.63. The Morgan fingerprint density at radius 2 is 1.75 bits per heavy atom. The molecule has 3 nitrogen and oxygen atoms in total. The molecule has 2 aliphatic rings. The Morgan fingerprint density at radius 1 is 1.12 bits per heavy atom. The quantitative estimate of drug-likeness (QED) is 0.788. The van der Waals surface area contributed by atoms with Gasteiger partial charge < -0.3 is 10.1 Å². The van der Waals surface area contributed by atoms with Gasteiger partial charge in [0.25, 0.3) is 0 Å². The Balaban J connectivity index is 1.61. The molecular weight excluding hydrogens is 200 g/mol. The van der Waals surface area contributed by atoms with Crippen molar-refractivity contribution in [1.29, 1.82) is 0 Å². The van der Waals surface area contributed by atoms with Crippen molar-refractivity contribution in [2.75, 3.05) is 26.2 Å². The number of morpholine rings is 1. The van der Waals surface area contributed by atoms with Gasteiger partial charge in [-0.25, -0.2) is 0 Å². The molecule has 0 bridgehead atoms. The van der Waals surface area contributed by atoms with Gasteiger partial charge in [-0.3, -0.25) is 4.90 Å². The van der Waals surface area contributed by atoms with Crippen molar-refractivity contribution in [1.82, 2.24) is 10.2 Å². The van der Waals surface area contributed by atoms with Gasteiger partial charge >= 0.3 is 0 Å². The van der Waals surface area contributed by atoms with Crippen molar-refractivity contribution < 1.29 is 4.74 Å². The first-order valence-electron chi connectivity index (χ1n) is 6.85. The highest BCUT2D eigenvalue weighted by Crippen LogP contribution is 2.17. The summed E-state index contributed by atoms with van der Waals surface area (Å²) < 4.78 is 5.73. The van der Waals surface area contributed by atoms with Crippen molar-refractivity contribution in [3.8, 4) is 0 Å². The molecule has 2 atom stereocenters. The van der Waals surface area contributed by atoms with Gasteiger partial charge in [0.2, 0.25) is 0 Å². The molecule has 0 amide bonds. The summed E-state index contributed by atoms with van der Waals surface area (Å²) in [6.07, 6.45) is 6.41. The van der Waals surface area contributed by atoms with Crippen LogP contribution in [0.4, 0.5) is 0 Å². The SMILES string of the molecule is CC1CN(CCNC2CCCC2)CC(C)O1. The Morgan fingerprint density at radius 3 is 2.38 bits per heavy atom. The minimum Gasteiger partial charge on any atom is -0.373 e. The minimum atomic E-state index is 0.398. The summed E-state index contributed by atoms with van der Waals surface area (Å²) in [6, 6.07) is 0.802. The summed E-state index contributed by atoms with van der Waals surface area (Å²) in [5.74, 6) is 0. The fraction of sp³-hybridized carbons (Fsp3) is 1.00. The van der Waals surface area contributed by atoms with E-state index in [4.69, 9.17) is 4.74 Å². The third-order valence-electron chi connectivity index (χ3n) is 3.71. The lowest BCUT2D eigenvalue weighted by atomic mass is 10.2. The van der Waals surface area contributed by atoms with Crippen LogP contribution in [0.1, 0.15) is 39.5 Å². The number of ether oxygens (including phenoxy) is 1. The molecule has 0 aromatic heterocycles. The maximum atomic E-state index is 5.73. The molecule has 1 heterocycles. The number of hydrogen-bond acceptors (Lipinski definition) is 3. The second kappa shape index (κ2) is 5.99. The zero-order valence-corrected chi connectivity index (χ0v) is 10.7. The van der Waals surface area contributed by atoms with Crippen LogP contribution in [0.5, 0.6) is 0 Å². The molecule has 1 saturated heterocycles. The summed E-state index contributed by atoms with van der Waals surface area (Å²) in [7, 11) is 0. The predicted molar refractivity (Wildman–Crippen MR) is 66.7 cm³/mol. The summed E-state index contributed by atoms with van der Waals surface area (Å²) in [6.45, 7) is 8.85. The molecule has 0 aromatic carbocycles. The van der Waals surface area contributed by atoms with Crippen LogP contribution >= 0.6 is 0 Å². The van der Waals surface area contributed by atoms with E-state index < -0.39 is 0 Å². The molecule has 1 aliphatic carbocycles. The van der Waals surface area contributed by atoms with Crippen LogP contribution in [0, 0.1) is 0 Å². The molecule has 2 unspecified atom stereocenters. The lowest BCUT2D eigenvalue weighted by molar-refractivity contribution is -0.0675. The third kappa shape index (κ3) is 3.72. The minimum absolute atomic E-state index is 0.398. The summed E-state index contributed by atoms with van der Waals surface area (Å²) in [5.41, 5.74) is 0. The lowest BCUT2D eigenvalue weighted by Crippen LogP contribution is -2.48. The zero-order chi connectivity index (χ0) is 11.4. The topological polar surface area (TPSA) is 24.5 Å². The average Bonchev–Trinajstić information content (AvgIpc) is 2.69. The van der Waals surface area contributed by atoms with Gasteiger partial charge in [-0.2, -0.15) is 0 Å². The molecule has 0 radical (unpaired) electrons. The Kier molecular flexibility index (Phi) is 4.62. The van der Waals surface area contributed by atoms with Crippen molar-refractivity contribution in [2.24, 2.45) is 0 Å². The van der Waals surface area contributed by atoms with Crippen molar-refractivity contribution in [2.45, 2.75) is 57.8 Å². The standard InChI is InChI=1S/C13H26N2O/c1-11-9-15(10-12(2)16-11)8-7-14-13-5-3-4-6-13/h11-14H,3-10H2,1-2H3. The highest BCUT2D eigenvalue weighted by atomic mass is 16.5. The fourth-order valence-electron chi connectivity index (χ4n) is 3.02. The summed E-state index contributed by atoms with van der Waals surface area (Å²) >= 11 is 0. The molecule has 94 valence electrons. The van der Waals surface area contributed by atoms with Gasteiger partial charge in [-0.1, -0.05) is 12.8 Å². The maximum absolute atomic E-state index is 5.73. The van der Waals surface area contributed by atoms with Crippen LogP contribution in [-0.2, 0) is 4.74 Å².